The largest absolute Gasteiger partial charge is 0.444 e. The first-order chi connectivity index (χ1) is 10.2. The van der Waals surface area contributed by atoms with Gasteiger partial charge >= 0.3 is 6.09 Å². The molecular weight excluding hydrogens is 282 g/mol. The molecule has 0 unspecified atom stereocenters. The Morgan fingerprint density at radius 3 is 2.36 bits per heavy atom. The van der Waals surface area contributed by atoms with Crippen LogP contribution in [0.3, 0.4) is 0 Å². The van der Waals surface area contributed by atoms with Crippen molar-refractivity contribution < 1.29 is 14.3 Å². The van der Waals surface area contributed by atoms with Crippen molar-refractivity contribution in [2.45, 2.75) is 45.3 Å². The van der Waals surface area contributed by atoms with E-state index in [2.05, 4.69) is 5.32 Å². The van der Waals surface area contributed by atoms with Gasteiger partial charge in [-0.05, 0) is 47.7 Å². The van der Waals surface area contributed by atoms with E-state index in [1.807, 2.05) is 45.8 Å². The van der Waals surface area contributed by atoms with Gasteiger partial charge in [-0.1, -0.05) is 6.08 Å². The zero-order valence-electron chi connectivity index (χ0n) is 14.4. The fraction of sp³-hybridized carbons (Fsp3) is 0.750. The molecule has 0 spiro atoms. The molecule has 0 aliphatic carbocycles. The van der Waals surface area contributed by atoms with Gasteiger partial charge in [0.1, 0.15) is 5.60 Å². The van der Waals surface area contributed by atoms with Gasteiger partial charge in [-0.3, -0.25) is 4.79 Å². The minimum Gasteiger partial charge on any atom is -0.444 e. The van der Waals surface area contributed by atoms with Crippen LogP contribution in [0.1, 0.15) is 33.6 Å². The molecule has 1 rings (SSSR count). The van der Waals surface area contributed by atoms with Gasteiger partial charge in [0.25, 0.3) is 0 Å². The molecule has 1 aliphatic heterocycles. The molecule has 6 nitrogen and oxygen atoms in total. The first kappa shape index (κ1) is 18.5. The van der Waals surface area contributed by atoms with E-state index in [9.17, 15) is 9.59 Å². The van der Waals surface area contributed by atoms with Crippen LogP contribution in [0.2, 0.25) is 0 Å². The molecule has 0 saturated carbocycles. The lowest BCUT2D eigenvalue weighted by molar-refractivity contribution is -0.117. The molecule has 1 aliphatic rings. The molecule has 0 atom stereocenters. The fourth-order valence-electron chi connectivity index (χ4n) is 2.15. The molecule has 1 saturated heterocycles. The Balaban J connectivity index is 2.32. The lowest BCUT2D eigenvalue weighted by Crippen LogP contribution is -2.47. The number of likely N-dealkylation sites (N-methyl/N-ethyl adjacent to an activating group) is 1. The van der Waals surface area contributed by atoms with Crippen LogP contribution < -0.4 is 5.32 Å². The summed E-state index contributed by atoms with van der Waals surface area (Å²) in [5.74, 6) is -0.0717. The highest BCUT2D eigenvalue weighted by Crippen LogP contribution is 2.15. The summed E-state index contributed by atoms with van der Waals surface area (Å²) >= 11 is 0. The zero-order chi connectivity index (χ0) is 16.8. The third-order valence-electron chi connectivity index (χ3n) is 3.23. The summed E-state index contributed by atoms with van der Waals surface area (Å²) in [6, 6.07) is 0.121. The standard InChI is InChI=1S/C16H29N3O3/c1-16(2,3)22-15(21)19-11-8-13(9-12-19)17-14(20)7-6-10-18(4)5/h6-7,13H,8-12H2,1-5H3,(H,17,20)/b7-6+. The lowest BCUT2D eigenvalue weighted by Gasteiger charge is -2.33. The van der Waals surface area contributed by atoms with E-state index in [1.54, 1.807) is 11.0 Å². The number of carbonyl (C=O) groups excluding carboxylic acids is 2. The van der Waals surface area contributed by atoms with Crippen LogP contribution in [0.5, 0.6) is 0 Å². The first-order valence-corrected chi connectivity index (χ1v) is 7.77. The molecule has 1 heterocycles. The Kier molecular flexibility index (Phi) is 6.87. The fourth-order valence-corrected chi connectivity index (χ4v) is 2.15. The van der Waals surface area contributed by atoms with Gasteiger partial charge < -0.3 is 19.9 Å². The van der Waals surface area contributed by atoms with E-state index in [4.69, 9.17) is 4.74 Å². The summed E-state index contributed by atoms with van der Waals surface area (Å²) in [6.07, 6.45) is 4.65. The average Bonchev–Trinajstić information content (AvgIpc) is 2.37. The minimum atomic E-state index is -0.473. The molecule has 6 heteroatoms. The van der Waals surface area contributed by atoms with Crippen molar-refractivity contribution in [3.63, 3.8) is 0 Å². The van der Waals surface area contributed by atoms with Crippen molar-refractivity contribution in [3.05, 3.63) is 12.2 Å². The Hall–Kier alpha value is -1.56. The van der Waals surface area contributed by atoms with Crippen molar-refractivity contribution in [2.75, 3.05) is 33.7 Å². The van der Waals surface area contributed by atoms with Crippen molar-refractivity contribution >= 4 is 12.0 Å². The summed E-state index contributed by atoms with van der Waals surface area (Å²) in [4.78, 5) is 27.4. The maximum absolute atomic E-state index is 11.9. The number of likely N-dealkylation sites (tertiary alicyclic amines) is 1. The number of amides is 2. The number of rotatable bonds is 4. The number of nitrogens with zero attached hydrogens (tertiary/aromatic N) is 2. The average molecular weight is 311 g/mol. The highest BCUT2D eigenvalue weighted by atomic mass is 16.6. The number of hydrogen-bond donors (Lipinski definition) is 1. The summed E-state index contributed by atoms with van der Waals surface area (Å²) in [5.41, 5.74) is -0.473. The summed E-state index contributed by atoms with van der Waals surface area (Å²) < 4.78 is 5.35. The highest BCUT2D eigenvalue weighted by Gasteiger charge is 2.27. The van der Waals surface area contributed by atoms with Crippen LogP contribution in [0.25, 0.3) is 0 Å². The van der Waals surface area contributed by atoms with Crippen molar-refractivity contribution in [1.29, 1.82) is 0 Å². The third-order valence-corrected chi connectivity index (χ3v) is 3.23. The van der Waals surface area contributed by atoms with Crippen LogP contribution in [-0.4, -0.2) is 67.2 Å². The van der Waals surface area contributed by atoms with Crippen molar-refractivity contribution in [3.8, 4) is 0 Å². The van der Waals surface area contributed by atoms with Crippen LogP contribution in [0.4, 0.5) is 4.79 Å². The van der Waals surface area contributed by atoms with E-state index in [-0.39, 0.29) is 18.0 Å². The maximum atomic E-state index is 11.9. The second kappa shape index (κ2) is 8.17. The SMILES string of the molecule is CN(C)C/C=C/C(=O)NC1CCN(C(=O)OC(C)(C)C)CC1. The van der Waals surface area contributed by atoms with E-state index in [0.717, 1.165) is 19.4 Å². The van der Waals surface area contributed by atoms with Crippen LogP contribution in [0, 0.1) is 0 Å². The van der Waals surface area contributed by atoms with Crippen LogP contribution in [0.15, 0.2) is 12.2 Å². The topological polar surface area (TPSA) is 61.9 Å². The lowest BCUT2D eigenvalue weighted by atomic mass is 10.1. The smallest absolute Gasteiger partial charge is 0.410 e. The molecule has 0 radical (unpaired) electrons. The van der Waals surface area contributed by atoms with Crippen LogP contribution >= 0.6 is 0 Å². The number of piperidine rings is 1. The Morgan fingerprint density at radius 1 is 1.27 bits per heavy atom. The van der Waals surface area contributed by atoms with E-state index in [0.29, 0.717) is 13.1 Å². The van der Waals surface area contributed by atoms with E-state index in [1.165, 1.54) is 0 Å². The number of ether oxygens (including phenoxy) is 1. The predicted octanol–water partition coefficient (Wildman–Crippen LogP) is 1.62. The first-order valence-electron chi connectivity index (χ1n) is 7.77. The molecule has 1 fully saturated rings. The van der Waals surface area contributed by atoms with Crippen molar-refractivity contribution in [2.24, 2.45) is 0 Å². The highest BCUT2D eigenvalue weighted by molar-refractivity contribution is 5.87. The summed E-state index contributed by atoms with van der Waals surface area (Å²) in [7, 11) is 3.91. The Bertz CT molecular complexity index is 405. The van der Waals surface area contributed by atoms with Gasteiger partial charge in [0.15, 0.2) is 0 Å². The Labute approximate surface area is 133 Å². The molecule has 22 heavy (non-hydrogen) atoms. The van der Waals surface area contributed by atoms with Crippen molar-refractivity contribution in [1.82, 2.24) is 15.1 Å². The molecule has 0 aromatic rings. The van der Waals surface area contributed by atoms with Gasteiger partial charge in [0, 0.05) is 31.8 Å². The molecule has 1 N–H and O–H groups in total. The van der Waals surface area contributed by atoms with Gasteiger partial charge in [-0.15, -0.1) is 0 Å². The monoisotopic (exact) mass is 311 g/mol. The third kappa shape index (κ3) is 7.45. The maximum Gasteiger partial charge on any atom is 0.410 e. The van der Waals surface area contributed by atoms with Gasteiger partial charge in [-0.25, -0.2) is 4.79 Å². The van der Waals surface area contributed by atoms with Crippen LogP contribution in [-0.2, 0) is 9.53 Å². The number of hydrogen-bond acceptors (Lipinski definition) is 4. The number of nitrogens with one attached hydrogen (secondary N) is 1. The molecule has 0 bridgehead atoms. The van der Waals surface area contributed by atoms with Gasteiger partial charge in [0.05, 0.1) is 0 Å². The molecule has 0 aromatic carbocycles. The summed E-state index contributed by atoms with van der Waals surface area (Å²) in [6.45, 7) is 7.54. The van der Waals surface area contributed by atoms with Gasteiger partial charge in [0.2, 0.25) is 5.91 Å². The van der Waals surface area contributed by atoms with Gasteiger partial charge in [-0.2, -0.15) is 0 Å². The normalized spacial score (nSPS) is 17.1. The second-order valence-corrected chi connectivity index (χ2v) is 6.91. The molecule has 126 valence electrons. The molecular formula is C16H29N3O3. The van der Waals surface area contributed by atoms with E-state index < -0.39 is 5.60 Å². The second-order valence-electron chi connectivity index (χ2n) is 6.91. The zero-order valence-corrected chi connectivity index (χ0v) is 14.4. The Morgan fingerprint density at radius 2 is 1.86 bits per heavy atom. The number of carbonyl (C=O) groups is 2. The predicted molar refractivity (Wildman–Crippen MR) is 86.7 cm³/mol. The summed E-state index contributed by atoms with van der Waals surface area (Å²) in [5, 5.41) is 2.98. The quantitative estimate of drug-likeness (QED) is 0.802. The van der Waals surface area contributed by atoms with E-state index >= 15 is 0 Å². The molecule has 2 amide bonds. The minimum absolute atomic E-state index is 0.0717. The molecule has 0 aromatic heterocycles.